The van der Waals surface area contributed by atoms with Gasteiger partial charge in [-0.3, -0.25) is 14.5 Å². The van der Waals surface area contributed by atoms with Gasteiger partial charge >= 0.3 is 5.97 Å². The lowest BCUT2D eigenvalue weighted by atomic mass is 9.95. The summed E-state index contributed by atoms with van der Waals surface area (Å²) in [5.41, 5.74) is 1.02. The Balaban J connectivity index is 1.62. The molecule has 2 aromatic heterocycles. The minimum atomic E-state index is -1.09. The number of carbonyl (C=O) groups excluding carboxylic acids is 3. The molecule has 1 unspecified atom stereocenters. The van der Waals surface area contributed by atoms with Gasteiger partial charge in [-0.25, -0.2) is 9.78 Å². The summed E-state index contributed by atoms with van der Waals surface area (Å²) in [4.78, 5) is 45.9. The number of amides is 1. The quantitative estimate of drug-likeness (QED) is 0.170. The second-order valence-electron chi connectivity index (χ2n) is 10.2. The predicted molar refractivity (Wildman–Crippen MR) is 157 cm³/mol. The van der Waals surface area contributed by atoms with Gasteiger partial charge in [-0.2, -0.15) is 0 Å². The van der Waals surface area contributed by atoms with E-state index in [1.165, 1.54) is 19.1 Å². The Kier molecular flexibility index (Phi) is 8.04. The van der Waals surface area contributed by atoms with Crippen molar-refractivity contribution < 1.29 is 38.1 Å². The number of hydrogen-bond donors (Lipinski definition) is 1. The summed E-state index contributed by atoms with van der Waals surface area (Å²) >= 11 is 0.932. The van der Waals surface area contributed by atoms with Crippen LogP contribution >= 0.6 is 11.3 Å². The Hall–Kier alpha value is -4.64. The third-order valence-electron chi connectivity index (χ3n) is 6.90. The summed E-state index contributed by atoms with van der Waals surface area (Å²) in [7, 11) is 2.74. The highest BCUT2D eigenvalue weighted by Gasteiger charge is 2.47. The summed E-state index contributed by atoms with van der Waals surface area (Å²) < 4.78 is 22.1. The number of ether oxygens (including phenoxy) is 3. The summed E-state index contributed by atoms with van der Waals surface area (Å²) in [6.45, 7) is 6.29. The normalized spacial score (nSPS) is 15.1. The summed E-state index contributed by atoms with van der Waals surface area (Å²) in [5, 5.41) is 11.9. The molecule has 5 rings (SSSR count). The van der Waals surface area contributed by atoms with Gasteiger partial charge in [-0.15, -0.1) is 0 Å². The van der Waals surface area contributed by atoms with Crippen LogP contribution in [0.2, 0.25) is 0 Å². The van der Waals surface area contributed by atoms with Crippen LogP contribution in [-0.4, -0.2) is 48.6 Å². The van der Waals surface area contributed by atoms with Crippen LogP contribution in [0.5, 0.6) is 11.5 Å². The van der Waals surface area contributed by atoms with E-state index in [-0.39, 0.29) is 21.3 Å². The SMILES string of the molecule is COC(=O)c1sc(N2C(=O)C(O)=C(C(=O)c3cc4cccc(OC)c4o3)C2c2cccc(OCCC(C)C)c2)nc1C. The number of benzene rings is 2. The van der Waals surface area contributed by atoms with E-state index >= 15 is 0 Å². The average Bonchev–Trinajstić information content (AvgIpc) is 3.66. The number of ketones is 1. The van der Waals surface area contributed by atoms with Crippen LogP contribution in [0.3, 0.4) is 0 Å². The Morgan fingerprint density at radius 3 is 2.62 bits per heavy atom. The minimum absolute atomic E-state index is 0.0781. The predicted octanol–water partition coefficient (Wildman–Crippen LogP) is 6.20. The molecule has 0 spiro atoms. The van der Waals surface area contributed by atoms with Crippen LogP contribution in [0.4, 0.5) is 5.13 Å². The molecule has 0 saturated carbocycles. The first-order valence-electron chi connectivity index (χ1n) is 13.3. The molecule has 11 heteroatoms. The number of nitrogens with zero attached hydrogens (tertiary/aromatic N) is 2. The topological polar surface area (TPSA) is 128 Å². The zero-order chi connectivity index (χ0) is 30.1. The van der Waals surface area contributed by atoms with Gasteiger partial charge in [0.05, 0.1) is 38.1 Å². The maximum atomic E-state index is 14.0. The number of methoxy groups -OCH3 is 2. The number of Topliss-reactive ketones (excluding diaryl/α,β-unsaturated/α-hetero) is 1. The Labute approximate surface area is 246 Å². The van der Waals surface area contributed by atoms with E-state index in [0.29, 0.717) is 46.3 Å². The van der Waals surface area contributed by atoms with Gasteiger partial charge < -0.3 is 23.7 Å². The first-order chi connectivity index (χ1) is 20.1. The number of furan rings is 1. The van der Waals surface area contributed by atoms with Crippen LogP contribution < -0.4 is 14.4 Å². The molecule has 2 aromatic carbocycles. The van der Waals surface area contributed by atoms with E-state index in [4.69, 9.17) is 18.6 Å². The smallest absolute Gasteiger partial charge is 0.350 e. The van der Waals surface area contributed by atoms with Crippen molar-refractivity contribution in [1.82, 2.24) is 4.98 Å². The molecule has 0 fully saturated rings. The summed E-state index contributed by atoms with van der Waals surface area (Å²) in [5.74, 6) is -1.53. The molecule has 10 nitrogen and oxygen atoms in total. The van der Waals surface area contributed by atoms with Crippen molar-refractivity contribution in [2.75, 3.05) is 25.7 Å². The highest BCUT2D eigenvalue weighted by atomic mass is 32.1. The Morgan fingerprint density at radius 2 is 1.90 bits per heavy atom. The van der Waals surface area contributed by atoms with Gasteiger partial charge in [0.1, 0.15) is 10.6 Å². The molecule has 0 bridgehead atoms. The van der Waals surface area contributed by atoms with Crippen LogP contribution in [0.15, 0.2) is 64.3 Å². The van der Waals surface area contributed by atoms with Crippen molar-refractivity contribution in [2.24, 2.45) is 5.92 Å². The monoisotopic (exact) mass is 590 g/mol. The lowest BCUT2D eigenvalue weighted by Gasteiger charge is -2.24. The fourth-order valence-corrected chi connectivity index (χ4v) is 5.76. The van der Waals surface area contributed by atoms with Gasteiger partial charge in [-0.1, -0.05) is 49.4 Å². The van der Waals surface area contributed by atoms with Crippen LogP contribution in [0.25, 0.3) is 11.0 Å². The number of hydrogen-bond acceptors (Lipinski definition) is 10. The fraction of sp³-hybridized carbons (Fsp3) is 0.290. The van der Waals surface area contributed by atoms with Crippen molar-refractivity contribution in [2.45, 2.75) is 33.2 Å². The molecule has 1 atom stereocenters. The van der Waals surface area contributed by atoms with Crippen molar-refractivity contribution in [3.8, 4) is 11.5 Å². The Bertz CT molecular complexity index is 1720. The highest BCUT2D eigenvalue weighted by molar-refractivity contribution is 7.17. The zero-order valence-corrected chi connectivity index (χ0v) is 24.6. The second-order valence-corrected chi connectivity index (χ2v) is 11.1. The summed E-state index contributed by atoms with van der Waals surface area (Å²) in [6, 6.07) is 12.7. The number of thiazole rings is 1. The van der Waals surface area contributed by atoms with E-state index in [1.807, 2.05) is 0 Å². The van der Waals surface area contributed by atoms with Gasteiger partial charge in [0.15, 0.2) is 28.0 Å². The fourth-order valence-electron chi connectivity index (χ4n) is 4.75. The molecule has 218 valence electrons. The highest BCUT2D eigenvalue weighted by Crippen LogP contribution is 2.45. The number of rotatable bonds is 10. The maximum Gasteiger partial charge on any atom is 0.350 e. The number of esters is 1. The van der Waals surface area contributed by atoms with E-state index in [0.717, 1.165) is 17.8 Å². The maximum absolute atomic E-state index is 14.0. The van der Waals surface area contributed by atoms with E-state index in [2.05, 4.69) is 18.8 Å². The number of carbonyl (C=O) groups is 3. The standard InChI is InChI=1S/C31H30N2O8S/c1-16(2)12-13-40-20-10-6-8-18(14-20)24-23(25(34)22-15-19-9-7-11-21(38-4)27(19)41-22)26(35)29(36)33(24)31-32-17(3)28(42-31)30(37)39-5/h6-11,14-16,24,35H,12-13H2,1-5H3. The molecule has 1 amide bonds. The number of fused-ring (bicyclic) bond motifs is 1. The first kappa shape index (κ1) is 28.9. The third-order valence-corrected chi connectivity index (χ3v) is 8.04. The zero-order valence-electron chi connectivity index (χ0n) is 23.8. The molecular formula is C31H30N2O8S. The number of aromatic nitrogens is 1. The second kappa shape index (κ2) is 11.7. The molecule has 0 aliphatic carbocycles. The van der Waals surface area contributed by atoms with E-state index < -0.39 is 29.5 Å². The van der Waals surface area contributed by atoms with Gasteiger partial charge in [0, 0.05) is 5.39 Å². The van der Waals surface area contributed by atoms with Crippen LogP contribution in [-0.2, 0) is 9.53 Å². The van der Waals surface area contributed by atoms with Crippen molar-refractivity contribution in [3.05, 3.63) is 81.8 Å². The molecule has 3 heterocycles. The minimum Gasteiger partial charge on any atom is -0.503 e. The van der Waals surface area contributed by atoms with Crippen LogP contribution in [0.1, 0.15) is 57.8 Å². The average molecular weight is 591 g/mol. The van der Waals surface area contributed by atoms with Crippen molar-refractivity contribution in [3.63, 3.8) is 0 Å². The van der Waals surface area contributed by atoms with E-state index in [1.54, 1.807) is 55.5 Å². The number of aliphatic hydroxyl groups excluding tert-OH is 1. The lowest BCUT2D eigenvalue weighted by Crippen LogP contribution is -2.31. The molecule has 1 aliphatic heterocycles. The molecule has 1 N–H and O–H groups in total. The first-order valence-corrected chi connectivity index (χ1v) is 14.1. The van der Waals surface area contributed by atoms with Crippen molar-refractivity contribution in [1.29, 1.82) is 0 Å². The number of aliphatic hydroxyl groups is 1. The number of para-hydroxylation sites is 1. The lowest BCUT2D eigenvalue weighted by molar-refractivity contribution is -0.117. The largest absolute Gasteiger partial charge is 0.503 e. The molecule has 4 aromatic rings. The van der Waals surface area contributed by atoms with Gasteiger partial charge in [-0.05, 0) is 49.1 Å². The van der Waals surface area contributed by atoms with Gasteiger partial charge in [0.25, 0.3) is 5.91 Å². The van der Waals surface area contributed by atoms with Crippen LogP contribution in [0, 0.1) is 12.8 Å². The molecule has 0 saturated heterocycles. The summed E-state index contributed by atoms with van der Waals surface area (Å²) in [6.07, 6.45) is 0.840. The van der Waals surface area contributed by atoms with E-state index in [9.17, 15) is 19.5 Å². The Morgan fingerprint density at radius 1 is 1.14 bits per heavy atom. The van der Waals surface area contributed by atoms with Gasteiger partial charge in [0.2, 0.25) is 5.78 Å². The molecule has 0 radical (unpaired) electrons. The van der Waals surface area contributed by atoms with Crippen molar-refractivity contribution >= 4 is 45.1 Å². The third kappa shape index (κ3) is 5.23. The molecule has 1 aliphatic rings. The number of anilines is 1. The number of aryl methyl sites for hydroxylation is 1. The molecular weight excluding hydrogens is 560 g/mol. The molecule has 42 heavy (non-hydrogen) atoms.